The molecular formula is C27H34FN5O5S. The Morgan fingerprint density at radius 1 is 1.31 bits per heavy atom. The van der Waals surface area contributed by atoms with Crippen molar-refractivity contribution in [2.24, 2.45) is 16.6 Å². The molecule has 3 atom stereocenters. The number of pyridine rings is 1. The molecule has 1 unspecified atom stereocenters. The van der Waals surface area contributed by atoms with Crippen molar-refractivity contribution in [1.29, 1.82) is 0 Å². The second-order valence-corrected chi connectivity index (χ2v) is 13.0. The van der Waals surface area contributed by atoms with Gasteiger partial charge in [0.2, 0.25) is 16.0 Å². The number of hydrogen-bond donors (Lipinski definition) is 1. The number of hydrogen-bond acceptors (Lipinski definition) is 9. The van der Waals surface area contributed by atoms with E-state index in [0.717, 1.165) is 10.7 Å². The minimum absolute atomic E-state index is 0.0463. The molecule has 2 saturated heterocycles. The Morgan fingerprint density at radius 3 is 2.77 bits per heavy atom. The average molecular weight is 560 g/mol. The number of carbonyl (C=O) groups is 1. The van der Waals surface area contributed by atoms with E-state index >= 15 is 4.39 Å². The molecule has 10 nitrogen and oxygen atoms in total. The van der Waals surface area contributed by atoms with Crippen LogP contribution in [-0.4, -0.2) is 86.1 Å². The number of likely N-dealkylation sites (tertiary alicyclic amines) is 1. The number of halogens is 1. The highest BCUT2D eigenvalue weighted by Crippen LogP contribution is 2.51. The van der Waals surface area contributed by atoms with Crippen LogP contribution >= 0.6 is 0 Å². The van der Waals surface area contributed by atoms with Gasteiger partial charge in [0.1, 0.15) is 27.5 Å². The number of guanidine groups is 1. The fraction of sp³-hybridized carbons (Fsp3) is 0.519. The van der Waals surface area contributed by atoms with Gasteiger partial charge in [-0.3, -0.25) is 4.79 Å². The number of Topliss-reactive ketones (excluding diaryl/α,β-unsaturated/α-hetero) is 1. The third kappa shape index (κ3) is 4.57. The molecule has 1 aromatic heterocycles. The van der Waals surface area contributed by atoms with Gasteiger partial charge in [0, 0.05) is 38.7 Å². The Balaban J connectivity index is 1.52. The smallest absolute Gasteiger partial charge is 0.247 e. The summed E-state index contributed by atoms with van der Waals surface area (Å²) in [5, 5.41) is 0. The Kier molecular flexibility index (Phi) is 7.15. The summed E-state index contributed by atoms with van der Waals surface area (Å²) < 4.78 is 53.9. The zero-order valence-corrected chi connectivity index (χ0v) is 23.2. The number of nitrogens with zero attached hydrogens (tertiary/aromatic N) is 4. The molecule has 210 valence electrons. The summed E-state index contributed by atoms with van der Waals surface area (Å²) in [6, 6.07) is 7.54. The third-order valence-corrected chi connectivity index (χ3v) is 11.1. The first-order valence-electron chi connectivity index (χ1n) is 13.0. The summed E-state index contributed by atoms with van der Waals surface area (Å²) in [6.45, 7) is 4.39. The maximum absolute atomic E-state index is 15.6. The maximum Gasteiger partial charge on any atom is 0.247 e. The standard InChI is InChI=1S/C27H34FN5O5S/c1-26(21-12-18(4-6-22(21)28)13-24(34)23-7-5-20(37-3)14-30-23)27(39(35,36)32(2)25(29)31-26)9-10-33(17-27)15-19-8-11-38-16-19/h4-7,12,14,19H,8-11,13,15-17H2,1-3H3,(H2,29,31)/t19?,26-,27+/m1/s1. The van der Waals surface area contributed by atoms with Crippen LogP contribution < -0.4 is 10.5 Å². The Bertz CT molecular complexity index is 1400. The first-order chi connectivity index (χ1) is 18.5. The lowest BCUT2D eigenvalue weighted by atomic mass is 9.77. The number of nitrogens with two attached hydrogens (primary N) is 1. The minimum atomic E-state index is -4.03. The Hall–Kier alpha value is -3.09. The summed E-state index contributed by atoms with van der Waals surface area (Å²) in [7, 11) is -1.13. The van der Waals surface area contributed by atoms with Crippen LogP contribution in [0.1, 0.15) is 41.4 Å². The van der Waals surface area contributed by atoms with Crippen LogP contribution in [0.15, 0.2) is 41.5 Å². The molecule has 39 heavy (non-hydrogen) atoms. The zero-order chi connectivity index (χ0) is 28.0. The summed E-state index contributed by atoms with van der Waals surface area (Å²) in [4.78, 5) is 23.9. The number of rotatable bonds is 7. The van der Waals surface area contributed by atoms with Crippen LogP contribution in [-0.2, 0) is 26.7 Å². The first-order valence-corrected chi connectivity index (χ1v) is 14.4. The summed E-state index contributed by atoms with van der Waals surface area (Å²) in [5.74, 6) is -0.218. The van der Waals surface area contributed by atoms with E-state index in [9.17, 15) is 13.2 Å². The van der Waals surface area contributed by atoms with E-state index in [0.29, 0.717) is 43.5 Å². The van der Waals surface area contributed by atoms with Crippen LogP contribution in [0.3, 0.4) is 0 Å². The molecule has 0 radical (unpaired) electrons. The van der Waals surface area contributed by atoms with Gasteiger partial charge in [-0.2, -0.15) is 0 Å². The molecule has 3 aliphatic heterocycles. The molecule has 1 aromatic carbocycles. The SMILES string of the molecule is COc1ccc(C(=O)Cc2ccc(F)c([C@@]3(C)N=C(N)N(C)S(=O)(=O)[C@]34CCN(CC3CCOC3)C4)c2)nc1. The number of carbonyl (C=O) groups excluding carboxylic acids is 1. The highest BCUT2D eigenvalue weighted by molar-refractivity contribution is 7.91. The summed E-state index contributed by atoms with van der Waals surface area (Å²) in [6.07, 6.45) is 2.60. The maximum atomic E-state index is 15.6. The predicted octanol–water partition coefficient (Wildman–Crippen LogP) is 1.94. The average Bonchev–Trinajstić information content (AvgIpc) is 3.60. The molecule has 3 aliphatic rings. The van der Waals surface area contributed by atoms with Crippen molar-refractivity contribution in [3.05, 3.63) is 59.2 Å². The lowest BCUT2D eigenvalue weighted by molar-refractivity contribution is 0.0988. The van der Waals surface area contributed by atoms with E-state index in [1.165, 1.54) is 32.5 Å². The van der Waals surface area contributed by atoms with E-state index in [1.807, 2.05) is 0 Å². The zero-order valence-electron chi connectivity index (χ0n) is 22.4. The van der Waals surface area contributed by atoms with Crippen molar-refractivity contribution in [2.45, 2.75) is 36.5 Å². The molecule has 0 saturated carbocycles. The fourth-order valence-electron chi connectivity index (χ4n) is 6.06. The van der Waals surface area contributed by atoms with Gasteiger partial charge in [-0.15, -0.1) is 0 Å². The second kappa shape index (κ2) is 10.1. The number of sulfonamides is 1. The van der Waals surface area contributed by atoms with Gasteiger partial charge < -0.3 is 20.1 Å². The van der Waals surface area contributed by atoms with Crippen molar-refractivity contribution in [2.75, 3.05) is 47.0 Å². The molecule has 5 rings (SSSR count). The van der Waals surface area contributed by atoms with E-state index in [4.69, 9.17) is 15.2 Å². The third-order valence-electron chi connectivity index (χ3n) is 8.43. The summed E-state index contributed by atoms with van der Waals surface area (Å²) in [5.41, 5.74) is 5.47. The molecule has 2 aromatic rings. The largest absolute Gasteiger partial charge is 0.495 e. The van der Waals surface area contributed by atoms with Gasteiger partial charge in [-0.25, -0.2) is 27.1 Å². The molecule has 0 aliphatic carbocycles. The Morgan fingerprint density at radius 2 is 2.10 bits per heavy atom. The summed E-state index contributed by atoms with van der Waals surface area (Å²) >= 11 is 0. The van der Waals surface area contributed by atoms with Crippen LogP contribution in [0.2, 0.25) is 0 Å². The highest BCUT2D eigenvalue weighted by Gasteiger charge is 2.66. The van der Waals surface area contributed by atoms with Crippen molar-refractivity contribution < 1.29 is 27.1 Å². The molecule has 2 N–H and O–H groups in total. The predicted molar refractivity (Wildman–Crippen MR) is 144 cm³/mol. The van der Waals surface area contributed by atoms with Gasteiger partial charge in [-0.05, 0) is 62.1 Å². The number of methoxy groups -OCH3 is 1. The Labute approximate surface area is 228 Å². The lowest BCUT2D eigenvalue weighted by Crippen LogP contribution is -2.66. The first kappa shape index (κ1) is 27.5. The van der Waals surface area contributed by atoms with Crippen molar-refractivity contribution in [1.82, 2.24) is 14.2 Å². The van der Waals surface area contributed by atoms with Gasteiger partial charge in [0.15, 0.2) is 5.78 Å². The number of benzene rings is 1. The van der Waals surface area contributed by atoms with Crippen LogP contribution in [0.4, 0.5) is 4.39 Å². The molecule has 2 fully saturated rings. The normalized spacial score (nSPS) is 28.6. The van der Waals surface area contributed by atoms with E-state index < -0.39 is 26.1 Å². The molecule has 0 bridgehead atoms. The van der Waals surface area contributed by atoms with Crippen molar-refractivity contribution in [3.8, 4) is 5.75 Å². The topological polar surface area (TPSA) is 127 Å². The van der Waals surface area contributed by atoms with Gasteiger partial charge in [0.05, 0.1) is 19.9 Å². The molecule has 0 amide bonds. The molecular weight excluding hydrogens is 525 g/mol. The molecule has 1 spiro atoms. The van der Waals surface area contributed by atoms with Crippen LogP contribution in [0.25, 0.3) is 0 Å². The minimum Gasteiger partial charge on any atom is -0.495 e. The number of aliphatic imine (C=N–C) groups is 1. The van der Waals surface area contributed by atoms with Crippen molar-refractivity contribution in [3.63, 3.8) is 0 Å². The highest BCUT2D eigenvalue weighted by atomic mass is 32.2. The van der Waals surface area contributed by atoms with Crippen LogP contribution in [0.5, 0.6) is 5.75 Å². The van der Waals surface area contributed by atoms with Gasteiger partial charge >= 0.3 is 0 Å². The van der Waals surface area contributed by atoms with Gasteiger partial charge in [-0.1, -0.05) is 6.07 Å². The fourth-order valence-corrected chi connectivity index (χ4v) is 8.22. The van der Waals surface area contributed by atoms with Crippen molar-refractivity contribution >= 4 is 21.8 Å². The van der Waals surface area contributed by atoms with Crippen LogP contribution in [0, 0.1) is 11.7 Å². The quantitative estimate of drug-likeness (QED) is 0.510. The van der Waals surface area contributed by atoms with E-state index in [1.54, 1.807) is 25.1 Å². The number of aromatic nitrogens is 1. The monoisotopic (exact) mass is 559 g/mol. The van der Waals surface area contributed by atoms with E-state index in [-0.39, 0.29) is 42.4 Å². The second-order valence-electron chi connectivity index (χ2n) is 10.7. The van der Waals surface area contributed by atoms with E-state index in [2.05, 4.69) is 14.9 Å². The molecule has 4 heterocycles. The van der Waals surface area contributed by atoms with Gasteiger partial charge in [0.25, 0.3) is 0 Å². The number of ether oxygens (including phenoxy) is 2. The lowest BCUT2D eigenvalue weighted by Gasteiger charge is -2.48. The molecule has 12 heteroatoms. The number of ketones is 1.